The van der Waals surface area contributed by atoms with Gasteiger partial charge in [0.25, 0.3) is 5.91 Å². The average Bonchev–Trinajstić information content (AvgIpc) is 2.36. The van der Waals surface area contributed by atoms with Gasteiger partial charge in [-0.1, -0.05) is 23.4 Å². The van der Waals surface area contributed by atoms with Crippen molar-refractivity contribution in [1.29, 1.82) is 0 Å². The summed E-state index contributed by atoms with van der Waals surface area (Å²) in [5.41, 5.74) is 6.39. The summed E-state index contributed by atoms with van der Waals surface area (Å²) >= 11 is 6.03. The third-order valence-corrected chi connectivity index (χ3v) is 2.64. The van der Waals surface area contributed by atoms with Crippen LogP contribution in [-0.2, 0) is 0 Å². The highest BCUT2D eigenvalue weighted by atomic mass is 35.5. The summed E-state index contributed by atoms with van der Waals surface area (Å²) in [7, 11) is 1.62. The molecule has 0 spiro atoms. The number of aliphatic hydroxyl groups is 1. The van der Waals surface area contributed by atoms with E-state index in [1.54, 1.807) is 25.2 Å². The molecule has 0 unspecified atom stereocenters. The minimum absolute atomic E-state index is 0.0734. The molecule has 0 atom stereocenters. The van der Waals surface area contributed by atoms with Crippen molar-refractivity contribution < 1.29 is 9.90 Å². The van der Waals surface area contributed by atoms with E-state index in [0.29, 0.717) is 16.1 Å². The van der Waals surface area contributed by atoms with Crippen molar-refractivity contribution in [2.75, 3.05) is 26.7 Å². The molecule has 96 valence electrons. The molecule has 0 fully saturated rings. The van der Waals surface area contributed by atoms with Crippen LogP contribution in [0.5, 0.6) is 0 Å². The molecule has 0 aliphatic carbocycles. The minimum atomic E-state index is -0.190. The van der Waals surface area contributed by atoms with Crippen molar-refractivity contribution in [3.8, 4) is 11.8 Å². The van der Waals surface area contributed by atoms with E-state index in [4.69, 9.17) is 22.4 Å². The van der Waals surface area contributed by atoms with Gasteiger partial charge in [-0.25, -0.2) is 0 Å². The number of halogens is 1. The normalized spacial score (nSPS) is 9.56. The second kappa shape index (κ2) is 7.02. The van der Waals surface area contributed by atoms with Gasteiger partial charge >= 0.3 is 0 Å². The number of likely N-dealkylation sites (N-methyl/N-ethyl adjacent to an activating group) is 1. The Kier molecular flexibility index (Phi) is 5.66. The van der Waals surface area contributed by atoms with E-state index in [9.17, 15) is 4.79 Å². The fraction of sp³-hybridized carbons (Fsp3) is 0.308. The lowest BCUT2D eigenvalue weighted by molar-refractivity contribution is 0.0767. The average molecular weight is 267 g/mol. The molecule has 1 aromatic carbocycles. The summed E-state index contributed by atoms with van der Waals surface area (Å²) in [4.78, 5) is 13.3. The number of nitrogens with zero attached hydrogens (tertiary/aromatic N) is 1. The van der Waals surface area contributed by atoms with Crippen LogP contribution in [0.2, 0.25) is 5.02 Å². The highest BCUT2D eigenvalue weighted by Gasteiger charge is 2.12. The first kappa shape index (κ1) is 14.5. The SMILES string of the molecule is CN(CCO)C(=O)c1ccc(C#CCN)c(Cl)c1. The Labute approximate surface area is 111 Å². The lowest BCUT2D eigenvalue weighted by atomic mass is 10.1. The van der Waals surface area contributed by atoms with Gasteiger partial charge in [-0.2, -0.15) is 0 Å². The molecule has 1 aromatic rings. The molecule has 0 saturated heterocycles. The second-order valence-corrected chi connectivity index (χ2v) is 4.06. The number of carbonyl (C=O) groups is 1. The first-order valence-corrected chi connectivity index (χ1v) is 5.82. The van der Waals surface area contributed by atoms with E-state index >= 15 is 0 Å². The fourth-order valence-electron chi connectivity index (χ4n) is 1.37. The third kappa shape index (κ3) is 3.74. The van der Waals surface area contributed by atoms with Crippen LogP contribution in [0.1, 0.15) is 15.9 Å². The molecule has 0 aliphatic heterocycles. The van der Waals surface area contributed by atoms with Crippen molar-refractivity contribution in [1.82, 2.24) is 4.90 Å². The van der Waals surface area contributed by atoms with Crippen molar-refractivity contribution in [2.24, 2.45) is 5.73 Å². The number of hydrogen-bond acceptors (Lipinski definition) is 3. The van der Waals surface area contributed by atoms with Gasteiger partial charge in [0.1, 0.15) is 0 Å². The predicted octanol–water partition coefficient (Wildman–Crippen LogP) is 0.714. The van der Waals surface area contributed by atoms with Crippen LogP contribution in [0.25, 0.3) is 0 Å². The van der Waals surface area contributed by atoms with Gasteiger partial charge in [0.15, 0.2) is 0 Å². The molecular formula is C13H15ClN2O2. The second-order valence-electron chi connectivity index (χ2n) is 3.65. The summed E-state index contributed by atoms with van der Waals surface area (Å²) < 4.78 is 0. The maximum absolute atomic E-state index is 11.9. The summed E-state index contributed by atoms with van der Waals surface area (Å²) in [5, 5.41) is 9.19. The van der Waals surface area contributed by atoms with Crippen molar-refractivity contribution >= 4 is 17.5 Å². The molecule has 1 rings (SSSR count). The number of benzene rings is 1. The van der Waals surface area contributed by atoms with Crippen LogP contribution in [0.4, 0.5) is 0 Å². The van der Waals surface area contributed by atoms with E-state index in [1.807, 2.05) is 0 Å². The number of rotatable bonds is 3. The Balaban J connectivity index is 2.93. The topological polar surface area (TPSA) is 66.6 Å². The molecule has 0 aliphatic rings. The quantitative estimate of drug-likeness (QED) is 0.792. The monoisotopic (exact) mass is 266 g/mol. The minimum Gasteiger partial charge on any atom is -0.395 e. The summed E-state index contributed by atoms with van der Waals surface area (Å²) in [6.07, 6.45) is 0. The number of carbonyl (C=O) groups excluding carboxylic acids is 1. The molecule has 0 saturated carbocycles. The smallest absolute Gasteiger partial charge is 0.253 e. The Hall–Kier alpha value is -1.54. The van der Waals surface area contributed by atoms with Gasteiger partial charge in [0, 0.05) is 24.7 Å². The number of nitrogens with two attached hydrogens (primary N) is 1. The van der Waals surface area contributed by atoms with E-state index in [1.165, 1.54) is 4.90 Å². The first-order valence-electron chi connectivity index (χ1n) is 5.45. The summed E-state index contributed by atoms with van der Waals surface area (Å²) in [6, 6.07) is 4.91. The Morgan fingerprint density at radius 1 is 1.56 bits per heavy atom. The van der Waals surface area contributed by atoms with E-state index in [2.05, 4.69) is 11.8 Å². The highest BCUT2D eigenvalue weighted by molar-refractivity contribution is 6.32. The van der Waals surface area contributed by atoms with Crippen LogP contribution in [0, 0.1) is 11.8 Å². The standard InChI is InChI=1S/C13H15ClN2O2/c1-16(7-8-17)13(18)11-5-4-10(3-2-6-15)12(14)9-11/h4-5,9,17H,6-8,15H2,1H3. The largest absolute Gasteiger partial charge is 0.395 e. The molecule has 5 heteroatoms. The molecule has 0 aromatic heterocycles. The Bertz CT molecular complexity index is 491. The van der Waals surface area contributed by atoms with Gasteiger partial charge in [-0.05, 0) is 18.2 Å². The lowest BCUT2D eigenvalue weighted by Gasteiger charge is -2.15. The molecule has 4 nitrogen and oxygen atoms in total. The molecule has 0 radical (unpaired) electrons. The van der Waals surface area contributed by atoms with Crippen LogP contribution < -0.4 is 5.73 Å². The molecule has 0 bridgehead atoms. The van der Waals surface area contributed by atoms with Crippen molar-refractivity contribution in [2.45, 2.75) is 0 Å². The Morgan fingerprint density at radius 2 is 2.28 bits per heavy atom. The van der Waals surface area contributed by atoms with E-state index in [-0.39, 0.29) is 25.6 Å². The fourth-order valence-corrected chi connectivity index (χ4v) is 1.60. The van der Waals surface area contributed by atoms with E-state index in [0.717, 1.165) is 0 Å². The van der Waals surface area contributed by atoms with Crippen LogP contribution in [0.3, 0.4) is 0 Å². The maximum atomic E-state index is 11.9. The molecule has 18 heavy (non-hydrogen) atoms. The number of hydrogen-bond donors (Lipinski definition) is 2. The van der Waals surface area contributed by atoms with E-state index < -0.39 is 0 Å². The summed E-state index contributed by atoms with van der Waals surface area (Å²) in [5.74, 6) is 5.33. The zero-order chi connectivity index (χ0) is 13.5. The molecule has 3 N–H and O–H groups in total. The Morgan fingerprint density at radius 3 is 2.83 bits per heavy atom. The zero-order valence-electron chi connectivity index (χ0n) is 10.1. The maximum Gasteiger partial charge on any atom is 0.253 e. The van der Waals surface area contributed by atoms with Gasteiger partial charge in [0.2, 0.25) is 0 Å². The lowest BCUT2D eigenvalue weighted by Crippen LogP contribution is -2.29. The predicted molar refractivity (Wildman–Crippen MR) is 71.4 cm³/mol. The van der Waals surface area contributed by atoms with Gasteiger partial charge in [-0.3, -0.25) is 4.79 Å². The highest BCUT2D eigenvalue weighted by Crippen LogP contribution is 2.17. The van der Waals surface area contributed by atoms with Crippen LogP contribution >= 0.6 is 11.6 Å². The number of aliphatic hydroxyl groups excluding tert-OH is 1. The third-order valence-electron chi connectivity index (χ3n) is 2.32. The summed E-state index contributed by atoms with van der Waals surface area (Å²) in [6.45, 7) is 0.470. The van der Waals surface area contributed by atoms with Crippen molar-refractivity contribution in [3.05, 3.63) is 34.3 Å². The van der Waals surface area contributed by atoms with Gasteiger partial charge in [-0.15, -0.1) is 0 Å². The zero-order valence-corrected chi connectivity index (χ0v) is 10.9. The first-order chi connectivity index (χ1) is 8.60. The van der Waals surface area contributed by atoms with Crippen LogP contribution in [0.15, 0.2) is 18.2 Å². The molecule has 0 heterocycles. The van der Waals surface area contributed by atoms with Crippen molar-refractivity contribution in [3.63, 3.8) is 0 Å². The van der Waals surface area contributed by atoms with Gasteiger partial charge < -0.3 is 15.7 Å². The van der Waals surface area contributed by atoms with Crippen LogP contribution in [-0.4, -0.2) is 42.7 Å². The number of amides is 1. The van der Waals surface area contributed by atoms with Gasteiger partial charge in [0.05, 0.1) is 18.2 Å². The molecular weight excluding hydrogens is 252 g/mol. The molecule has 1 amide bonds.